The smallest absolute Gasteiger partial charge is 0.318 e. The van der Waals surface area contributed by atoms with Crippen LogP contribution < -0.4 is 16.6 Å². The first kappa shape index (κ1) is 19.7. The van der Waals surface area contributed by atoms with Crippen molar-refractivity contribution in [1.29, 1.82) is 0 Å². The van der Waals surface area contributed by atoms with Gasteiger partial charge in [-0.3, -0.25) is 19.5 Å². The van der Waals surface area contributed by atoms with E-state index in [9.17, 15) is 14.4 Å². The number of urea groups is 1. The van der Waals surface area contributed by atoms with E-state index in [1.54, 1.807) is 15.9 Å². The number of primary amides is 1. The fraction of sp³-hybridized carbons (Fsp3) is 0.300. The molecule has 2 heterocycles. The van der Waals surface area contributed by atoms with E-state index in [0.717, 1.165) is 36.6 Å². The van der Waals surface area contributed by atoms with Crippen molar-refractivity contribution in [1.82, 2.24) is 14.9 Å². The molecule has 1 unspecified atom stereocenters. The molecule has 1 aliphatic rings. The number of carbonyl (C=O) groups excluding carboxylic acids is 2. The number of thioether (sulfide) groups is 1. The first-order valence-electron chi connectivity index (χ1n) is 9.29. The Kier molecular flexibility index (Phi) is 5.42. The first-order valence-corrected chi connectivity index (χ1v) is 11.1. The van der Waals surface area contributed by atoms with Gasteiger partial charge >= 0.3 is 6.03 Å². The van der Waals surface area contributed by atoms with Crippen LogP contribution in [0.1, 0.15) is 23.8 Å². The van der Waals surface area contributed by atoms with Crippen LogP contribution in [0, 0.1) is 5.92 Å². The van der Waals surface area contributed by atoms with E-state index >= 15 is 0 Å². The molecule has 0 fully saturated rings. The van der Waals surface area contributed by atoms with Crippen LogP contribution in [0.4, 0.5) is 4.79 Å². The second-order valence-corrected chi connectivity index (χ2v) is 9.13. The van der Waals surface area contributed by atoms with Crippen molar-refractivity contribution in [3.05, 3.63) is 51.1 Å². The van der Waals surface area contributed by atoms with Crippen LogP contribution in [0.2, 0.25) is 0 Å². The molecule has 0 saturated heterocycles. The molecule has 2 aromatic heterocycles. The van der Waals surface area contributed by atoms with Gasteiger partial charge in [-0.2, -0.15) is 0 Å². The van der Waals surface area contributed by atoms with Crippen LogP contribution in [-0.2, 0) is 17.6 Å². The number of rotatable bonds is 4. The van der Waals surface area contributed by atoms with Crippen molar-refractivity contribution in [2.75, 3.05) is 5.75 Å². The molecule has 0 spiro atoms. The van der Waals surface area contributed by atoms with Gasteiger partial charge in [-0.1, -0.05) is 36.9 Å². The Morgan fingerprint density at radius 3 is 2.83 bits per heavy atom. The Morgan fingerprint density at radius 1 is 1.34 bits per heavy atom. The minimum atomic E-state index is -0.903. The first-order chi connectivity index (χ1) is 13.9. The molecule has 150 valence electrons. The summed E-state index contributed by atoms with van der Waals surface area (Å²) in [4.78, 5) is 43.0. The zero-order valence-corrected chi connectivity index (χ0v) is 17.4. The van der Waals surface area contributed by atoms with Gasteiger partial charge in [0.1, 0.15) is 4.83 Å². The minimum Gasteiger partial charge on any atom is -0.351 e. The quantitative estimate of drug-likeness (QED) is 0.491. The summed E-state index contributed by atoms with van der Waals surface area (Å²) in [6.45, 7) is 2.22. The number of imide groups is 1. The Morgan fingerprint density at radius 2 is 2.10 bits per heavy atom. The van der Waals surface area contributed by atoms with Crippen LogP contribution in [0.25, 0.3) is 15.9 Å². The zero-order valence-electron chi connectivity index (χ0n) is 15.8. The van der Waals surface area contributed by atoms with Crippen molar-refractivity contribution in [3.63, 3.8) is 0 Å². The number of aryl methyl sites for hydroxylation is 1. The van der Waals surface area contributed by atoms with Gasteiger partial charge in [-0.25, -0.2) is 9.78 Å². The van der Waals surface area contributed by atoms with Crippen LogP contribution >= 0.6 is 23.1 Å². The molecule has 1 aromatic carbocycles. The number of thiophene rings is 1. The number of aromatic nitrogens is 2. The lowest BCUT2D eigenvalue weighted by Crippen LogP contribution is -2.36. The number of hydrogen-bond acceptors (Lipinski definition) is 6. The van der Waals surface area contributed by atoms with Gasteiger partial charge in [0.05, 0.1) is 16.8 Å². The molecule has 3 N–H and O–H groups in total. The highest BCUT2D eigenvalue weighted by Gasteiger charge is 2.25. The molecule has 0 aliphatic heterocycles. The summed E-state index contributed by atoms with van der Waals surface area (Å²) in [5.41, 5.74) is 6.69. The van der Waals surface area contributed by atoms with Crippen molar-refractivity contribution in [2.24, 2.45) is 11.7 Å². The molecule has 29 heavy (non-hydrogen) atoms. The van der Waals surface area contributed by atoms with Gasteiger partial charge in [0.15, 0.2) is 5.16 Å². The Balaban J connectivity index is 1.84. The third-order valence-corrected chi connectivity index (χ3v) is 6.99. The van der Waals surface area contributed by atoms with Crippen molar-refractivity contribution < 1.29 is 9.59 Å². The Labute approximate surface area is 175 Å². The molecule has 0 bridgehead atoms. The molecule has 1 aliphatic carbocycles. The summed E-state index contributed by atoms with van der Waals surface area (Å²) in [6.07, 6.45) is 2.91. The third-order valence-electron chi connectivity index (χ3n) is 4.91. The molecular formula is C20H20N4O3S2. The van der Waals surface area contributed by atoms with Gasteiger partial charge in [0, 0.05) is 4.88 Å². The molecule has 4 rings (SSSR count). The zero-order chi connectivity index (χ0) is 20.5. The standard InChI is InChI=1S/C20H20N4O3S2/c1-11-7-8-13-14(9-11)29-17-16(13)18(26)24(12-5-3-2-4-6-12)20(23-17)28-10-15(25)22-19(21)27/h2-6,11H,7-10H2,1H3,(H3,21,22,25,27). The van der Waals surface area contributed by atoms with Gasteiger partial charge in [0.25, 0.3) is 5.56 Å². The second kappa shape index (κ2) is 8.00. The van der Waals surface area contributed by atoms with Crippen molar-refractivity contribution in [2.45, 2.75) is 31.3 Å². The largest absolute Gasteiger partial charge is 0.351 e. The van der Waals surface area contributed by atoms with Gasteiger partial charge in [0.2, 0.25) is 5.91 Å². The Bertz CT molecular complexity index is 1150. The highest BCUT2D eigenvalue weighted by molar-refractivity contribution is 7.99. The molecule has 7 nitrogen and oxygen atoms in total. The molecule has 9 heteroatoms. The van der Waals surface area contributed by atoms with Gasteiger partial charge in [-0.05, 0) is 42.9 Å². The lowest BCUT2D eigenvalue weighted by atomic mass is 9.89. The summed E-state index contributed by atoms with van der Waals surface area (Å²) < 4.78 is 1.55. The molecule has 3 amide bonds. The summed E-state index contributed by atoms with van der Waals surface area (Å²) in [5.74, 6) is -0.00967. The third kappa shape index (κ3) is 3.92. The van der Waals surface area contributed by atoms with E-state index in [-0.39, 0.29) is 11.3 Å². The van der Waals surface area contributed by atoms with Crippen LogP contribution in [0.5, 0.6) is 0 Å². The SMILES string of the molecule is CC1CCc2c(sc3nc(SCC(=O)NC(N)=O)n(-c4ccccc4)c(=O)c23)C1. The van der Waals surface area contributed by atoms with Gasteiger partial charge < -0.3 is 5.73 Å². The van der Waals surface area contributed by atoms with E-state index < -0.39 is 11.9 Å². The van der Waals surface area contributed by atoms with Crippen molar-refractivity contribution in [3.8, 4) is 5.69 Å². The Hall–Kier alpha value is -2.65. The average molecular weight is 429 g/mol. The number of carbonyl (C=O) groups is 2. The minimum absolute atomic E-state index is 0.0736. The molecule has 3 aromatic rings. The number of benzene rings is 1. The normalized spacial score (nSPS) is 15.8. The van der Waals surface area contributed by atoms with E-state index in [2.05, 4.69) is 6.92 Å². The lowest BCUT2D eigenvalue weighted by Gasteiger charge is -2.17. The lowest BCUT2D eigenvalue weighted by molar-refractivity contribution is -0.117. The van der Waals surface area contributed by atoms with E-state index in [1.165, 1.54) is 4.88 Å². The summed E-state index contributed by atoms with van der Waals surface area (Å²) in [7, 11) is 0. The maximum absolute atomic E-state index is 13.5. The number of nitrogens with two attached hydrogens (primary N) is 1. The summed E-state index contributed by atoms with van der Waals surface area (Å²) in [5, 5.41) is 3.14. The van der Waals surface area contributed by atoms with E-state index in [4.69, 9.17) is 10.7 Å². The van der Waals surface area contributed by atoms with E-state index in [0.29, 0.717) is 27.0 Å². The monoisotopic (exact) mass is 428 g/mol. The van der Waals surface area contributed by atoms with E-state index in [1.807, 2.05) is 35.6 Å². The number of nitrogens with one attached hydrogen (secondary N) is 1. The number of para-hydroxylation sites is 1. The predicted octanol–water partition coefficient (Wildman–Crippen LogP) is 2.86. The number of nitrogens with zero attached hydrogens (tertiary/aromatic N) is 2. The number of hydrogen-bond donors (Lipinski definition) is 2. The average Bonchev–Trinajstić information content (AvgIpc) is 3.04. The number of fused-ring (bicyclic) bond motifs is 3. The predicted molar refractivity (Wildman–Crippen MR) is 115 cm³/mol. The maximum atomic E-state index is 13.5. The fourth-order valence-corrected chi connectivity index (χ4v) is 5.81. The highest BCUT2D eigenvalue weighted by Crippen LogP contribution is 2.36. The second-order valence-electron chi connectivity index (χ2n) is 7.10. The highest BCUT2D eigenvalue weighted by atomic mass is 32.2. The number of amides is 3. The topological polar surface area (TPSA) is 107 Å². The summed E-state index contributed by atoms with van der Waals surface area (Å²) in [6, 6.07) is 8.35. The maximum Gasteiger partial charge on any atom is 0.318 e. The fourth-order valence-electron chi connectivity index (χ4n) is 3.58. The van der Waals surface area contributed by atoms with Crippen LogP contribution in [0.15, 0.2) is 40.3 Å². The summed E-state index contributed by atoms with van der Waals surface area (Å²) >= 11 is 2.67. The molecular weight excluding hydrogens is 408 g/mol. The van der Waals surface area contributed by atoms with Crippen molar-refractivity contribution >= 4 is 45.3 Å². The molecule has 1 atom stereocenters. The molecule has 0 saturated carbocycles. The van der Waals surface area contributed by atoms with Crippen LogP contribution in [0.3, 0.4) is 0 Å². The molecule has 0 radical (unpaired) electrons. The van der Waals surface area contributed by atoms with Crippen LogP contribution in [-0.4, -0.2) is 27.2 Å². The van der Waals surface area contributed by atoms with Gasteiger partial charge in [-0.15, -0.1) is 11.3 Å².